The van der Waals surface area contributed by atoms with Crippen molar-refractivity contribution in [2.45, 2.75) is 20.8 Å². The SMILES string of the molecule is Cc1ccc(C(=O)O)cc1NC(=S)NC(=O)COc1cc(C)c(Cl)c(C)c1. The van der Waals surface area contributed by atoms with E-state index in [9.17, 15) is 9.59 Å². The van der Waals surface area contributed by atoms with E-state index in [1.165, 1.54) is 12.1 Å². The minimum atomic E-state index is -1.05. The number of rotatable bonds is 5. The lowest BCUT2D eigenvalue weighted by molar-refractivity contribution is -0.121. The first-order valence-corrected chi connectivity index (χ1v) is 8.80. The van der Waals surface area contributed by atoms with Crippen LogP contribution in [0.15, 0.2) is 30.3 Å². The van der Waals surface area contributed by atoms with E-state index in [1.54, 1.807) is 25.1 Å². The summed E-state index contributed by atoms with van der Waals surface area (Å²) < 4.78 is 5.47. The molecule has 0 spiro atoms. The lowest BCUT2D eigenvalue weighted by Gasteiger charge is -2.13. The molecule has 2 rings (SSSR count). The number of hydrogen-bond acceptors (Lipinski definition) is 4. The summed E-state index contributed by atoms with van der Waals surface area (Å²) in [5, 5.41) is 15.1. The average Bonchev–Trinajstić information content (AvgIpc) is 2.59. The van der Waals surface area contributed by atoms with Crippen LogP contribution in [0.3, 0.4) is 0 Å². The predicted molar refractivity (Wildman–Crippen MR) is 109 cm³/mol. The molecule has 0 heterocycles. The van der Waals surface area contributed by atoms with Gasteiger partial charge in [-0.25, -0.2) is 4.79 Å². The van der Waals surface area contributed by atoms with Crippen molar-refractivity contribution < 1.29 is 19.4 Å². The van der Waals surface area contributed by atoms with E-state index in [0.29, 0.717) is 16.5 Å². The Morgan fingerprint density at radius 1 is 1.11 bits per heavy atom. The molecule has 0 fully saturated rings. The number of carboxylic acid groups (broad SMARTS) is 1. The smallest absolute Gasteiger partial charge is 0.335 e. The van der Waals surface area contributed by atoms with Gasteiger partial charge in [-0.2, -0.15) is 0 Å². The van der Waals surface area contributed by atoms with Crippen LogP contribution in [0.25, 0.3) is 0 Å². The Morgan fingerprint density at radius 2 is 1.74 bits per heavy atom. The van der Waals surface area contributed by atoms with Crippen molar-refractivity contribution >= 4 is 46.5 Å². The fraction of sp³-hybridized carbons (Fsp3) is 0.211. The number of carbonyl (C=O) groups excluding carboxylic acids is 1. The van der Waals surface area contributed by atoms with Crippen LogP contribution in [0.4, 0.5) is 5.69 Å². The number of carboxylic acids is 1. The number of ether oxygens (including phenoxy) is 1. The summed E-state index contributed by atoms with van der Waals surface area (Å²) in [7, 11) is 0. The Labute approximate surface area is 167 Å². The monoisotopic (exact) mass is 406 g/mol. The number of carbonyl (C=O) groups is 2. The molecule has 0 saturated carbocycles. The molecule has 0 atom stereocenters. The number of nitrogens with one attached hydrogen (secondary N) is 2. The van der Waals surface area contributed by atoms with Gasteiger partial charge < -0.3 is 15.2 Å². The van der Waals surface area contributed by atoms with Crippen molar-refractivity contribution in [1.29, 1.82) is 0 Å². The van der Waals surface area contributed by atoms with Crippen LogP contribution in [-0.4, -0.2) is 28.7 Å². The van der Waals surface area contributed by atoms with Crippen molar-refractivity contribution in [3.8, 4) is 5.75 Å². The number of thiocarbonyl (C=S) groups is 1. The minimum Gasteiger partial charge on any atom is -0.484 e. The highest BCUT2D eigenvalue weighted by Crippen LogP contribution is 2.25. The summed E-state index contributed by atoms with van der Waals surface area (Å²) in [6.45, 7) is 5.28. The van der Waals surface area contributed by atoms with Gasteiger partial charge in [0.1, 0.15) is 5.75 Å². The number of benzene rings is 2. The van der Waals surface area contributed by atoms with Crippen LogP contribution in [0, 0.1) is 20.8 Å². The van der Waals surface area contributed by atoms with Crippen LogP contribution in [0.2, 0.25) is 5.02 Å². The lowest BCUT2D eigenvalue weighted by Crippen LogP contribution is -2.37. The molecular weight excluding hydrogens is 388 g/mol. The molecular formula is C19H19ClN2O4S. The van der Waals surface area contributed by atoms with Crippen molar-refractivity contribution in [3.05, 3.63) is 57.6 Å². The van der Waals surface area contributed by atoms with Gasteiger partial charge in [-0.3, -0.25) is 10.1 Å². The minimum absolute atomic E-state index is 0.0534. The Morgan fingerprint density at radius 3 is 2.33 bits per heavy atom. The highest BCUT2D eigenvalue weighted by atomic mass is 35.5. The molecule has 0 saturated heterocycles. The zero-order valence-corrected chi connectivity index (χ0v) is 16.6. The molecule has 0 radical (unpaired) electrons. The average molecular weight is 407 g/mol. The summed E-state index contributed by atoms with van der Waals surface area (Å²) >= 11 is 11.2. The first-order chi connectivity index (χ1) is 12.7. The molecule has 2 aromatic rings. The standard InChI is InChI=1S/C19H19ClN2O4S/c1-10-4-5-13(18(24)25)8-15(10)21-19(27)22-16(23)9-26-14-6-11(2)17(20)12(3)7-14/h4-8H,9H2,1-3H3,(H,24,25)(H2,21,22,23,27). The Bertz CT molecular complexity index is 892. The Hall–Kier alpha value is -2.64. The van der Waals surface area contributed by atoms with Gasteiger partial charge in [0.05, 0.1) is 5.56 Å². The third-order valence-electron chi connectivity index (χ3n) is 3.77. The largest absolute Gasteiger partial charge is 0.484 e. The van der Waals surface area contributed by atoms with E-state index in [4.69, 9.17) is 33.7 Å². The second-order valence-corrected chi connectivity index (χ2v) is 6.78. The molecule has 0 unspecified atom stereocenters. The van der Waals surface area contributed by atoms with E-state index >= 15 is 0 Å². The quantitative estimate of drug-likeness (QED) is 0.653. The highest BCUT2D eigenvalue weighted by Gasteiger charge is 2.11. The fourth-order valence-electron chi connectivity index (χ4n) is 2.34. The Balaban J connectivity index is 1.93. The maximum Gasteiger partial charge on any atom is 0.335 e. The molecule has 1 amide bonds. The first-order valence-electron chi connectivity index (χ1n) is 8.01. The van der Waals surface area contributed by atoms with Gasteiger partial charge in [0.25, 0.3) is 5.91 Å². The zero-order valence-electron chi connectivity index (χ0n) is 15.1. The molecule has 8 heteroatoms. The number of halogens is 1. The van der Waals surface area contributed by atoms with Gasteiger partial charge in [0.2, 0.25) is 0 Å². The normalized spacial score (nSPS) is 10.2. The summed E-state index contributed by atoms with van der Waals surface area (Å²) in [6, 6.07) is 8.10. The van der Waals surface area contributed by atoms with Crippen molar-refractivity contribution in [2.24, 2.45) is 0 Å². The molecule has 0 aromatic heterocycles. The van der Waals surface area contributed by atoms with Crippen molar-refractivity contribution in [2.75, 3.05) is 11.9 Å². The molecule has 0 aliphatic rings. The van der Waals surface area contributed by atoms with Crippen molar-refractivity contribution in [3.63, 3.8) is 0 Å². The third kappa shape index (κ3) is 5.67. The number of hydrogen-bond donors (Lipinski definition) is 3. The molecule has 0 aliphatic heterocycles. The molecule has 6 nitrogen and oxygen atoms in total. The lowest BCUT2D eigenvalue weighted by atomic mass is 10.1. The number of aromatic carboxylic acids is 1. The van der Waals surface area contributed by atoms with Crippen LogP contribution < -0.4 is 15.4 Å². The van der Waals surface area contributed by atoms with Gasteiger partial charge >= 0.3 is 5.97 Å². The third-order valence-corrected chi connectivity index (χ3v) is 4.57. The Kier molecular flexibility index (Phi) is 6.76. The van der Waals surface area contributed by atoms with E-state index < -0.39 is 11.9 Å². The topological polar surface area (TPSA) is 87.7 Å². The number of amides is 1. The van der Waals surface area contributed by atoms with Gasteiger partial charge in [0, 0.05) is 10.7 Å². The van der Waals surface area contributed by atoms with Gasteiger partial charge in [-0.15, -0.1) is 0 Å². The highest BCUT2D eigenvalue weighted by molar-refractivity contribution is 7.80. The van der Waals surface area contributed by atoms with Gasteiger partial charge in [-0.1, -0.05) is 17.7 Å². The van der Waals surface area contributed by atoms with Gasteiger partial charge in [0.15, 0.2) is 11.7 Å². The number of anilines is 1. The maximum absolute atomic E-state index is 12.0. The second-order valence-electron chi connectivity index (χ2n) is 6.00. The van der Waals surface area contributed by atoms with E-state index in [2.05, 4.69) is 10.6 Å². The summed E-state index contributed by atoms with van der Waals surface area (Å²) in [5.41, 5.74) is 3.13. The summed E-state index contributed by atoms with van der Waals surface area (Å²) in [6.07, 6.45) is 0. The zero-order chi connectivity index (χ0) is 20.1. The van der Waals surface area contributed by atoms with Gasteiger partial charge in [-0.05, 0) is 73.9 Å². The fourth-order valence-corrected chi connectivity index (χ4v) is 2.68. The molecule has 0 bridgehead atoms. The van der Waals surface area contributed by atoms with Crippen LogP contribution in [0.1, 0.15) is 27.0 Å². The first kappa shape index (κ1) is 20.7. The molecule has 142 valence electrons. The number of aryl methyl sites for hydroxylation is 3. The van der Waals surface area contributed by atoms with Crippen LogP contribution in [-0.2, 0) is 4.79 Å². The maximum atomic E-state index is 12.0. The van der Waals surface area contributed by atoms with E-state index in [1.807, 2.05) is 13.8 Å². The van der Waals surface area contributed by atoms with E-state index in [-0.39, 0.29) is 17.3 Å². The molecule has 2 aromatic carbocycles. The molecule has 0 aliphatic carbocycles. The molecule has 3 N–H and O–H groups in total. The van der Waals surface area contributed by atoms with E-state index in [0.717, 1.165) is 16.7 Å². The van der Waals surface area contributed by atoms with Crippen LogP contribution in [0.5, 0.6) is 5.75 Å². The molecule has 27 heavy (non-hydrogen) atoms. The summed E-state index contributed by atoms with van der Waals surface area (Å²) in [5.74, 6) is -0.951. The second kappa shape index (κ2) is 8.83. The predicted octanol–water partition coefficient (Wildman–Crippen LogP) is 3.86. The summed E-state index contributed by atoms with van der Waals surface area (Å²) in [4.78, 5) is 23.1. The van der Waals surface area contributed by atoms with Crippen molar-refractivity contribution in [1.82, 2.24) is 5.32 Å². The van der Waals surface area contributed by atoms with Crippen LogP contribution >= 0.6 is 23.8 Å².